The Balaban J connectivity index is 0.974. The molecule has 4 aliphatic heterocycles. The number of ketones is 2. The summed E-state index contributed by atoms with van der Waals surface area (Å²) in [4.78, 5) is 90.2. The molecule has 0 radical (unpaired) electrons. The van der Waals surface area contributed by atoms with E-state index in [0.29, 0.717) is 66.2 Å². The first kappa shape index (κ1) is 38.5. The number of primary amides is 1. The van der Waals surface area contributed by atoms with E-state index in [1.54, 1.807) is 49.5 Å². The molecule has 0 aromatic rings. The van der Waals surface area contributed by atoms with Crippen LogP contribution in [0.1, 0.15) is 59.3 Å². The average molecular weight is 748 g/mol. The van der Waals surface area contributed by atoms with Crippen molar-refractivity contribution < 1.29 is 43.0 Å². The van der Waals surface area contributed by atoms with Crippen molar-refractivity contribution in [3.63, 3.8) is 0 Å². The number of rotatable bonds is 18. The summed E-state index contributed by atoms with van der Waals surface area (Å²) in [5, 5.41) is 10.2. The van der Waals surface area contributed by atoms with Crippen molar-refractivity contribution in [1.82, 2.24) is 25.9 Å². The normalized spacial score (nSPS) is 26.9. The number of nitrogens with two attached hydrogens (primary N) is 1. The van der Waals surface area contributed by atoms with Crippen molar-refractivity contribution in [3.8, 4) is 0 Å². The molecule has 278 valence electrons. The summed E-state index contributed by atoms with van der Waals surface area (Å²) in [6.45, 7) is 5.90. The molecular formula is C33H45N7O9S2. The van der Waals surface area contributed by atoms with Crippen molar-refractivity contribution in [2.24, 2.45) is 22.7 Å². The highest BCUT2D eigenvalue weighted by Gasteiger charge is 2.72. The van der Waals surface area contributed by atoms with Crippen LogP contribution in [0.2, 0.25) is 0 Å². The summed E-state index contributed by atoms with van der Waals surface area (Å²) in [7, 11) is 4.75. The first-order chi connectivity index (χ1) is 24.3. The maximum atomic E-state index is 13.9. The molecule has 5 amide bonds. The highest BCUT2D eigenvalue weighted by atomic mass is 33.1. The SMILES string of the molecule is CO[C@@]12[C@H](COC(N)=O)C3=C(C(=O)C(C)=C(CCCSSCCNC(=O)CC/C(C)=N/NC(=O)CCN4C(=O)CC(C)C4=O)C3=O)N1C[C@@H]1N[C@@H]12. The minimum absolute atomic E-state index is 0.0176. The molecule has 0 saturated carbocycles. The number of imide groups is 1. The minimum Gasteiger partial charge on any atom is -0.449 e. The van der Waals surface area contributed by atoms with E-state index in [2.05, 4.69) is 21.2 Å². The van der Waals surface area contributed by atoms with E-state index < -0.39 is 23.6 Å². The number of methoxy groups -OCH3 is 1. The Morgan fingerprint density at radius 2 is 1.82 bits per heavy atom. The van der Waals surface area contributed by atoms with Gasteiger partial charge in [-0.05, 0) is 33.1 Å². The van der Waals surface area contributed by atoms with E-state index in [1.165, 1.54) is 0 Å². The van der Waals surface area contributed by atoms with Crippen LogP contribution >= 0.6 is 21.6 Å². The van der Waals surface area contributed by atoms with Gasteiger partial charge in [0.2, 0.25) is 29.4 Å². The second-order valence-electron chi connectivity index (χ2n) is 13.2. The molecule has 0 aromatic heterocycles. The van der Waals surface area contributed by atoms with Gasteiger partial charge in [-0.2, -0.15) is 5.10 Å². The number of Topliss-reactive ketones (excluding diaryl/α,β-unsaturated/α-hetero) is 2. The Kier molecular flexibility index (Phi) is 12.3. The standard InChI is InChI=1S/C33H45N7O9S2/c1-17-14-25(43)39(31(17)46)11-9-24(42)38-37-18(2)7-8-23(41)35-10-13-51-50-12-5-6-20-19(3)28(44)27-26(29(20)45)21(16-49-32(34)47)33(48-4)30-22(36-30)15-40(27)33/h17,21-22,30,36H,5-16H2,1-4H3,(H2,34,47)(H,35,41)(H,38,42)/b37-18+/t17?,21-,22+,30+,33-/m1/s1. The van der Waals surface area contributed by atoms with Crippen LogP contribution in [0, 0.1) is 11.8 Å². The molecule has 0 aromatic carbocycles. The third-order valence-corrected chi connectivity index (χ3v) is 12.4. The number of likely N-dealkylation sites (tertiary alicyclic amines) is 1. The Morgan fingerprint density at radius 3 is 2.51 bits per heavy atom. The van der Waals surface area contributed by atoms with Crippen LogP contribution in [0.15, 0.2) is 27.5 Å². The molecule has 18 heteroatoms. The molecule has 16 nitrogen and oxygen atoms in total. The summed E-state index contributed by atoms with van der Waals surface area (Å²) < 4.78 is 11.2. The lowest BCUT2D eigenvalue weighted by Crippen LogP contribution is -2.55. The lowest BCUT2D eigenvalue weighted by atomic mass is 9.79. The van der Waals surface area contributed by atoms with E-state index in [0.717, 1.165) is 10.7 Å². The molecule has 5 N–H and O–H groups in total. The topological polar surface area (TPSA) is 229 Å². The van der Waals surface area contributed by atoms with Gasteiger partial charge in [-0.25, -0.2) is 10.2 Å². The Bertz CT molecular complexity index is 1600. The number of carbonyl (C=O) groups is 7. The van der Waals surface area contributed by atoms with Crippen LogP contribution in [-0.4, -0.2) is 119 Å². The smallest absolute Gasteiger partial charge is 0.404 e. The van der Waals surface area contributed by atoms with Gasteiger partial charge < -0.3 is 30.7 Å². The van der Waals surface area contributed by atoms with Crippen LogP contribution in [-0.2, 0) is 38.2 Å². The monoisotopic (exact) mass is 747 g/mol. The van der Waals surface area contributed by atoms with Crippen molar-refractivity contribution in [3.05, 3.63) is 22.4 Å². The van der Waals surface area contributed by atoms with Gasteiger partial charge in [0.05, 0.1) is 17.7 Å². The zero-order chi connectivity index (χ0) is 37.0. The van der Waals surface area contributed by atoms with Crippen molar-refractivity contribution >= 4 is 68.6 Å². The van der Waals surface area contributed by atoms with E-state index in [9.17, 15) is 33.6 Å². The number of allylic oxidation sites excluding steroid dienone is 2. The lowest BCUT2D eigenvalue weighted by Gasteiger charge is -2.39. The van der Waals surface area contributed by atoms with Gasteiger partial charge in [0.15, 0.2) is 11.5 Å². The fourth-order valence-electron chi connectivity index (χ4n) is 7.25. The fourth-order valence-corrected chi connectivity index (χ4v) is 9.24. The quantitative estimate of drug-likeness (QED) is 0.0289. The Morgan fingerprint density at radius 1 is 1.08 bits per heavy atom. The molecule has 3 saturated heterocycles. The third-order valence-electron chi connectivity index (χ3n) is 9.92. The van der Waals surface area contributed by atoms with Gasteiger partial charge >= 0.3 is 6.09 Å². The number of piperazine rings is 1. The molecule has 1 aliphatic carbocycles. The lowest BCUT2D eigenvalue weighted by molar-refractivity contribution is -0.139. The van der Waals surface area contributed by atoms with E-state index in [1.807, 2.05) is 4.90 Å². The van der Waals surface area contributed by atoms with Gasteiger partial charge in [0, 0.05) is 91.9 Å². The van der Waals surface area contributed by atoms with Crippen LogP contribution in [0.3, 0.4) is 0 Å². The summed E-state index contributed by atoms with van der Waals surface area (Å²) >= 11 is 0. The van der Waals surface area contributed by atoms with Crippen molar-refractivity contribution in [2.45, 2.75) is 77.1 Å². The third kappa shape index (κ3) is 8.03. The number of nitrogens with zero attached hydrogens (tertiary/aromatic N) is 3. The number of nitrogens with one attached hydrogen (secondary N) is 3. The van der Waals surface area contributed by atoms with E-state index >= 15 is 0 Å². The number of carbonyl (C=O) groups excluding carboxylic acids is 7. The predicted molar refractivity (Wildman–Crippen MR) is 189 cm³/mol. The van der Waals surface area contributed by atoms with Gasteiger partial charge in [-0.15, -0.1) is 0 Å². The molecule has 1 unspecified atom stereocenters. The van der Waals surface area contributed by atoms with Gasteiger partial charge in [-0.1, -0.05) is 28.5 Å². The van der Waals surface area contributed by atoms with Crippen LogP contribution in [0.25, 0.3) is 0 Å². The van der Waals surface area contributed by atoms with Crippen molar-refractivity contribution in [2.75, 3.05) is 44.9 Å². The van der Waals surface area contributed by atoms with E-state index in [-0.39, 0.29) is 79.7 Å². The zero-order valence-electron chi connectivity index (χ0n) is 29.2. The number of hydrazone groups is 1. The largest absolute Gasteiger partial charge is 0.449 e. The average Bonchev–Trinajstić information content (AvgIpc) is 3.62. The zero-order valence-corrected chi connectivity index (χ0v) is 30.8. The summed E-state index contributed by atoms with van der Waals surface area (Å²) in [5.41, 5.74) is 8.81. The fraction of sp³-hybridized carbons (Fsp3) is 0.636. The predicted octanol–water partition coefficient (Wildman–Crippen LogP) is 0.768. The maximum absolute atomic E-state index is 13.9. The maximum Gasteiger partial charge on any atom is 0.404 e. The first-order valence-corrected chi connectivity index (χ1v) is 19.5. The van der Waals surface area contributed by atoms with Crippen LogP contribution < -0.4 is 21.8 Å². The number of ether oxygens (including phenoxy) is 2. The number of hydrogen-bond acceptors (Lipinski definition) is 14. The molecule has 5 rings (SSSR count). The summed E-state index contributed by atoms with van der Waals surface area (Å²) in [6, 6.07) is 0.0287. The summed E-state index contributed by atoms with van der Waals surface area (Å²) in [6.07, 6.45) is 0.795. The van der Waals surface area contributed by atoms with Gasteiger partial charge in [0.25, 0.3) is 0 Å². The van der Waals surface area contributed by atoms with Crippen molar-refractivity contribution in [1.29, 1.82) is 0 Å². The second-order valence-corrected chi connectivity index (χ2v) is 15.9. The molecule has 5 atom stereocenters. The molecule has 4 heterocycles. The highest BCUT2D eigenvalue weighted by Crippen LogP contribution is 2.56. The number of fused-ring (bicyclic) bond motifs is 4. The Hall–Kier alpha value is -3.74. The van der Waals surface area contributed by atoms with Gasteiger partial charge in [-0.3, -0.25) is 33.7 Å². The number of hydrogen-bond donors (Lipinski definition) is 4. The number of amides is 5. The molecule has 0 spiro atoms. The Labute approximate surface area is 303 Å². The molecule has 3 fully saturated rings. The van der Waals surface area contributed by atoms with Crippen LogP contribution in [0.5, 0.6) is 0 Å². The minimum atomic E-state index is -1.00. The molecule has 51 heavy (non-hydrogen) atoms. The second kappa shape index (κ2) is 16.3. The molecule has 0 bridgehead atoms. The van der Waals surface area contributed by atoms with Gasteiger partial charge in [0.1, 0.15) is 6.61 Å². The first-order valence-electron chi connectivity index (χ1n) is 17.0. The van der Waals surface area contributed by atoms with Crippen LogP contribution in [0.4, 0.5) is 4.79 Å². The highest BCUT2D eigenvalue weighted by molar-refractivity contribution is 8.76. The summed E-state index contributed by atoms with van der Waals surface area (Å²) in [5.74, 6) is -1.14. The molecule has 5 aliphatic rings. The molecular weight excluding hydrogens is 703 g/mol. The van der Waals surface area contributed by atoms with E-state index in [4.69, 9.17) is 15.2 Å².